The van der Waals surface area contributed by atoms with Crippen LogP contribution in [0.25, 0.3) is 0 Å². The predicted molar refractivity (Wildman–Crippen MR) is 135 cm³/mol. The number of amides is 3. The van der Waals surface area contributed by atoms with Gasteiger partial charge in [0, 0.05) is 24.3 Å². The van der Waals surface area contributed by atoms with Gasteiger partial charge in [0.1, 0.15) is 18.1 Å². The van der Waals surface area contributed by atoms with Crippen LogP contribution in [0.15, 0.2) is 53.1 Å². The highest BCUT2D eigenvalue weighted by molar-refractivity contribution is 5.94. The van der Waals surface area contributed by atoms with Crippen molar-refractivity contribution < 1.29 is 37.1 Å². The Morgan fingerprint density at radius 3 is 2.59 bits per heavy atom. The smallest absolute Gasteiger partial charge is 0.416 e. The lowest BCUT2D eigenvalue weighted by molar-refractivity contribution is -0.137. The first-order valence-corrected chi connectivity index (χ1v) is 12.4. The number of hydrogen-bond donors (Lipinski definition) is 3. The van der Waals surface area contributed by atoms with E-state index < -0.39 is 35.8 Å². The van der Waals surface area contributed by atoms with Crippen molar-refractivity contribution in [2.75, 3.05) is 18.4 Å². The quantitative estimate of drug-likeness (QED) is 0.414. The lowest BCUT2D eigenvalue weighted by Crippen LogP contribution is -2.50. The molecule has 2 aromatic carbocycles. The molecule has 1 saturated heterocycles. The van der Waals surface area contributed by atoms with E-state index in [9.17, 15) is 27.9 Å². The Hall–Kier alpha value is -4.06. The molecule has 208 valence electrons. The molecule has 0 saturated carbocycles. The number of benzene rings is 2. The number of carbonyl (C=O) groups excluding carboxylic acids is 2. The maximum absolute atomic E-state index is 13.0. The highest BCUT2D eigenvalue weighted by Crippen LogP contribution is 2.30. The Bertz CT molecular complexity index is 1290. The number of halogens is 3. The van der Waals surface area contributed by atoms with E-state index in [0.29, 0.717) is 29.9 Å². The van der Waals surface area contributed by atoms with Crippen molar-refractivity contribution in [2.45, 2.75) is 51.6 Å². The minimum atomic E-state index is -4.54. The number of aryl methyl sites for hydroxylation is 2. The number of aromatic nitrogens is 1. The van der Waals surface area contributed by atoms with Crippen LogP contribution in [0.2, 0.25) is 0 Å². The second-order valence-corrected chi connectivity index (χ2v) is 9.36. The largest absolute Gasteiger partial charge is 0.489 e. The van der Waals surface area contributed by atoms with E-state index in [4.69, 9.17) is 9.26 Å². The van der Waals surface area contributed by atoms with E-state index in [0.717, 1.165) is 23.4 Å². The molecule has 9 nitrogen and oxygen atoms in total. The number of likely N-dealkylation sites (tertiary alicyclic amines) is 1. The van der Waals surface area contributed by atoms with Gasteiger partial charge >= 0.3 is 12.2 Å². The fourth-order valence-electron chi connectivity index (χ4n) is 4.26. The van der Waals surface area contributed by atoms with E-state index in [1.165, 1.54) is 17.0 Å². The first-order chi connectivity index (χ1) is 18.5. The second-order valence-electron chi connectivity index (χ2n) is 9.36. The molecule has 1 aliphatic heterocycles. The van der Waals surface area contributed by atoms with Gasteiger partial charge in [-0.15, -0.1) is 0 Å². The second kappa shape index (κ2) is 11.8. The number of anilines is 1. The van der Waals surface area contributed by atoms with Crippen LogP contribution in [0.5, 0.6) is 5.75 Å². The van der Waals surface area contributed by atoms with Gasteiger partial charge in [-0.05, 0) is 69.2 Å². The molecule has 3 aromatic rings. The minimum absolute atomic E-state index is 0.00290. The van der Waals surface area contributed by atoms with Crippen molar-refractivity contribution in [3.63, 3.8) is 0 Å². The van der Waals surface area contributed by atoms with Gasteiger partial charge in [0.15, 0.2) is 0 Å². The van der Waals surface area contributed by atoms with Gasteiger partial charge in [-0.2, -0.15) is 13.2 Å². The molecule has 1 aliphatic rings. The summed E-state index contributed by atoms with van der Waals surface area (Å²) in [5, 5.41) is 19.7. The van der Waals surface area contributed by atoms with Gasteiger partial charge in [0.25, 0.3) is 5.91 Å². The van der Waals surface area contributed by atoms with Gasteiger partial charge in [0.05, 0.1) is 29.0 Å². The van der Waals surface area contributed by atoms with Crippen LogP contribution in [-0.4, -0.2) is 52.3 Å². The van der Waals surface area contributed by atoms with Crippen molar-refractivity contribution in [1.29, 1.82) is 0 Å². The lowest BCUT2D eigenvalue weighted by atomic mass is 10.1. The highest BCUT2D eigenvalue weighted by Gasteiger charge is 2.32. The number of carbonyl (C=O) groups is 2. The number of rotatable bonds is 6. The number of alkyl halides is 3. The molecule has 2 heterocycles. The Balaban J connectivity index is 1.36. The molecular formula is C27H29F3N4O5. The normalized spacial score (nSPS) is 17.8. The summed E-state index contributed by atoms with van der Waals surface area (Å²) >= 11 is 0. The van der Waals surface area contributed by atoms with Crippen LogP contribution >= 0.6 is 0 Å². The summed E-state index contributed by atoms with van der Waals surface area (Å²) in [4.78, 5) is 27.1. The van der Waals surface area contributed by atoms with Crippen LogP contribution in [0.1, 0.15) is 45.8 Å². The topological polar surface area (TPSA) is 117 Å². The van der Waals surface area contributed by atoms with Gasteiger partial charge < -0.3 is 29.9 Å². The molecule has 39 heavy (non-hydrogen) atoms. The average molecular weight is 547 g/mol. The zero-order valence-corrected chi connectivity index (χ0v) is 21.4. The zero-order chi connectivity index (χ0) is 28.2. The minimum Gasteiger partial charge on any atom is -0.489 e. The van der Waals surface area contributed by atoms with E-state index in [2.05, 4.69) is 15.8 Å². The lowest BCUT2D eigenvalue weighted by Gasteiger charge is -2.27. The number of hydrogen-bond acceptors (Lipinski definition) is 6. The fraction of sp³-hybridized carbons (Fsp3) is 0.370. The number of aliphatic hydroxyl groups is 1. The summed E-state index contributed by atoms with van der Waals surface area (Å²) in [6.45, 7) is 4.13. The van der Waals surface area contributed by atoms with Gasteiger partial charge in [-0.1, -0.05) is 11.2 Å². The van der Waals surface area contributed by atoms with Crippen LogP contribution in [0.4, 0.5) is 23.7 Å². The molecule has 2 atom stereocenters. The Labute approximate surface area is 222 Å². The molecule has 3 N–H and O–H groups in total. The SMILES string of the molecule is Cc1noc(C)c1COc1ccc(C(=O)N[C@@H]2CN(C(=O)Nc3cccc(C(F)(F)F)c3)CCC[C@H]2O)cc1. The van der Waals surface area contributed by atoms with Crippen LogP contribution in [0, 0.1) is 13.8 Å². The Kier molecular flexibility index (Phi) is 8.44. The standard InChI is InChI=1S/C27H29F3N4O5/c1-16-22(17(2)39-33-16)15-38-21-10-8-18(9-11-21)25(36)32-23-14-34(12-4-7-24(23)35)26(37)31-20-6-3-5-19(13-20)27(28,29)30/h3,5-6,8-11,13,23-24,35H,4,7,12,14-15H2,1-2H3,(H,31,37)(H,32,36)/t23-,24-/m1/s1. The molecule has 1 aromatic heterocycles. The molecule has 12 heteroatoms. The molecule has 4 rings (SSSR count). The third-order valence-corrected chi connectivity index (χ3v) is 6.54. The summed E-state index contributed by atoms with van der Waals surface area (Å²) < 4.78 is 49.9. The first-order valence-electron chi connectivity index (χ1n) is 12.4. The Morgan fingerprint density at radius 2 is 1.92 bits per heavy atom. The number of aliphatic hydroxyl groups excluding tert-OH is 1. The first kappa shape index (κ1) is 28.0. The molecule has 0 spiro atoms. The van der Waals surface area contributed by atoms with Crippen molar-refractivity contribution >= 4 is 17.6 Å². The monoisotopic (exact) mass is 546 g/mol. The number of nitrogens with one attached hydrogen (secondary N) is 2. The molecular weight excluding hydrogens is 517 g/mol. The summed E-state index contributed by atoms with van der Waals surface area (Å²) in [5.41, 5.74) is 1.04. The van der Waals surface area contributed by atoms with Crippen molar-refractivity contribution in [3.8, 4) is 5.75 Å². The van der Waals surface area contributed by atoms with E-state index in [-0.39, 0.29) is 25.4 Å². The van der Waals surface area contributed by atoms with E-state index >= 15 is 0 Å². The molecule has 3 amide bonds. The van der Waals surface area contributed by atoms with Crippen molar-refractivity contribution in [1.82, 2.24) is 15.4 Å². The maximum Gasteiger partial charge on any atom is 0.416 e. The average Bonchev–Trinajstić information content (AvgIpc) is 3.10. The van der Waals surface area contributed by atoms with Crippen molar-refractivity contribution in [3.05, 3.63) is 76.7 Å². The van der Waals surface area contributed by atoms with Crippen LogP contribution in [0.3, 0.4) is 0 Å². The van der Waals surface area contributed by atoms with Gasteiger partial charge in [-0.25, -0.2) is 4.79 Å². The predicted octanol–water partition coefficient (Wildman–Crippen LogP) is 4.68. The third kappa shape index (κ3) is 7.08. The van der Waals surface area contributed by atoms with E-state index in [1.54, 1.807) is 31.2 Å². The van der Waals surface area contributed by atoms with Gasteiger partial charge in [-0.3, -0.25) is 4.79 Å². The number of ether oxygens (including phenoxy) is 1. The number of nitrogens with zero attached hydrogens (tertiary/aromatic N) is 2. The third-order valence-electron chi connectivity index (χ3n) is 6.54. The molecule has 0 unspecified atom stereocenters. The summed E-state index contributed by atoms with van der Waals surface area (Å²) in [6.07, 6.45) is -4.64. The van der Waals surface area contributed by atoms with Crippen LogP contribution < -0.4 is 15.4 Å². The fourth-order valence-corrected chi connectivity index (χ4v) is 4.26. The Morgan fingerprint density at radius 1 is 1.18 bits per heavy atom. The van der Waals surface area contributed by atoms with E-state index in [1.807, 2.05) is 6.92 Å². The van der Waals surface area contributed by atoms with Crippen LogP contribution in [-0.2, 0) is 12.8 Å². The zero-order valence-electron chi connectivity index (χ0n) is 21.4. The van der Waals surface area contributed by atoms with Gasteiger partial charge in [0.2, 0.25) is 0 Å². The molecule has 1 fully saturated rings. The highest BCUT2D eigenvalue weighted by atomic mass is 19.4. The molecule has 0 radical (unpaired) electrons. The maximum atomic E-state index is 13.0. The summed E-state index contributed by atoms with van der Waals surface area (Å²) in [7, 11) is 0. The molecule has 0 bridgehead atoms. The van der Waals surface area contributed by atoms with Crippen molar-refractivity contribution in [2.24, 2.45) is 0 Å². The summed E-state index contributed by atoms with van der Waals surface area (Å²) in [5.74, 6) is 0.762. The summed E-state index contributed by atoms with van der Waals surface area (Å²) in [6, 6.07) is 9.40. The molecule has 0 aliphatic carbocycles. The number of urea groups is 1.